The Bertz CT molecular complexity index is 677. The minimum Gasteiger partial charge on any atom is -0.398 e. The first-order valence-electron chi connectivity index (χ1n) is 5.79. The third-order valence-electron chi connectivity index (χ3n) is 2.77. The Morgan fingerprint density at radius 1 is 1.45 bits per heavy atom. The SMILES string of the molecule is Cc1c(N)cc(S(=O)(=O)NCCn2ccnn2)cc1F. The van der Waals surface area contributed by atoms with Crippen molar-refractivity contribution in [3.05, 3.63) is 35.9 Å². The zero-order valence-electron chi connectivity index (χ0n) is 10.7. The van der Waals surface area contributed by atoms with Gasteiger partial charge >= 0.3 is 0 Å². The summed E-state index contributed by atoms with van der Waals surface area (Å²) in [5.74, 6) is -0.651. The van der Waals surface area contributed by atoms with E-state index in [4.69, 9.17) is 5.73 Å². The lowest BCUT2D eigenvalue weighted by molar-refractivity contribution is 0.551. The van der Waals surface area contributed by atoms with Gasteiger partial charge in [-0.15, -0.1) is 5.10 Å². The van der Waals surface area contributed by atoms with Crippen LogP contribution in [0.1, 0.15) is 5.56 Å². The van der Waals surface area contributed by atoms with Gasteiger partial charge in [0.15, 0.2) is 0 Å². The molecule has 2 aromatic rings. The Kier molecular flexibility index (Phi) is 4.00. The summed E-state index contributed by atoms with van der Waals surface area (Å²) in [5, 5.41) is 7.30. The molecule has 0 aliphatic rings. The van der Waals surface area contributed by atoms with Crippen molar-refractivity contribution >= 4 is 15.7 Å². The highest BCUT2D eigenvalue weighted by atomic mass is 32.2. The summed E-state index contributed by atoms with van der Waals surface area (Å²) in [4.78, 5) is -0.198. The van der Waals surface area contributed by atoms with E-state index in [0.29, 0.717) is 6.54 Å². The van der Waals surface area contributed by atoms with Crippen molar-refractivity contribution in [2.45, 2.75) is 18.4 Å². The van der Waals surface area contributed by atoms with Gasteiger partial charge in [0.2, 0.25) is 10.0 Å². The molecule has 1 aromatic carbocycles. The van der Waals surface area contributed by atoms with Gasteiger partial charge in [-0.05, 0) is 19.1 Å². The molecule has 0 radical (unpaired) electrons. The number of sulfonamides is 1. The molecule has 0 saturated carbocycles. The van der Waals surface area contributed by atoms with Crippen LogP contribution in [0.15, 0.2) is 29.4 Å². The van der Waals surface area contributed by atoms with E-state index < -0.39 is 15.8 Å². The highest BCUT2D eigenvalue weighted by Crippen LogP contribution is 2.20. The van der Waals surface area contributed by atoms with Gasteiger partial charge in [0, 0.05) is 24.0 Å². The van der Waals surface area contributed by atoms with E-state index in [2.05, 4.69) is 15.0 Å². The maximum atomic E-state index is 13.5. The van der Waals surface area contributed by atoms with Gasteiger partial charge in [-0.2, -0.15) is 0 Å². The number of aromatic nitrogens is 3. The van der Waals surface area contributed by atoms with Crippen molar-refractivity contribution in [2.24, 2.45) is 0 Å². The van der Waals surface area contributed by atoms with Crippen LogP contribution in [0.2, 0.25) is 0 Å². The molecule has 9 heteroatoms. The summed E-state index contributed by atoms with van der Waals surface area (Å²) in [6, 6.07) is 2.18. The van der Waals surface area contributed by atoms with Gasteiger partial charge in [-0.1, -0.05) is 5.21 Å². The average Bonchev–Trinajstić information content (AvgIpc) is 2.88. The van der Waals surface area contributed by atoms with Crippen LogP contribution in [0.25, 0.3) is 0 Å². The molecule has 1 heterocycles. The largest absolute Gasteiger partial charge is 0.398 e. The third-order valence-corrected chi connectivity index (χ3v) is 4.21. The van der Waals surface area contributed by atoms with Crippen molar-refractivity contribution in [2.75, 3.05) is 12.3 Å². The fourth-order valence-corrected chi connectivity index (χ4v) is 2.63. The minimum atomic E-state index is -3.81. The topological polar surface area (TPSA) is 103 Å². The predicted octanol–water partition coefficient (Wildman–Crippen LogP) is 0.286. The summed E-state index contributed by atoms with van der Waals surface area (Å²) in [6.45, 7) is 1.92. The van der Waals surface area contributed by atoms with Gasteiger partial charge in [-0.25, -0.2) is 17.5 Å². The molecule has 0 aliphatic heterocycles. The smallest absolute Gasteiger partial charge is 0.240 e. The van der Waals surface area contributed by atoms with Crippen LogP contribution in [0.3, 0.4) is 0 Å². The average molecular weight is 299 g/mol. The van der Waals surface area contributed by atoms with Crippen LogP contribution < -0.4 is 10.5 Å². The fourth-order valence-electron chi connectivity index (χ4n) is 1.56. The second-order valence-corrected chi connectivity index (χ2v) is 5.95. The lowest BCUT2D eigenvalue weighted by Crippen LogP contribution is -2.28. The van der Waals surface area contributed by atoms with Gasteiger partial charge in [0.1, 0.15) is 5.82 Å². The zero-order chi connectivity index (χ0) is 14.8. The molecule has 0 aliphatic carbocycles. The number of anilines is 1. The van der Waals surface area contributed by atoms with E-state index in [1.807, 2.05) is 0 Å². The van der Waals surface area contributed by atoms with E-state index in [1.165, 1.54) is 23.9 Å². The van der Waals surface area contributed by atoms with E-state index in [0.717, 1.165) is 6.07 Å². The third kappa shape index (κ3) is 3.11. The Hall–Kier alpha value is -2.00. The van der Waals surface area contributed by atoms with Gasteiger partial charge in [-0.3, -0.25) is 4.68 Å². The Balaban J connectivity index is 2.10. The van der Waals surface area contributed by atoms with Gasteiger partial charge in [0.25, 0.3) is 0 Å². The monoisotopic (exact) mass is 299 g/mol. The number of hydrogen-bond donors (Lipinski definition) is 2. The quantitative estimate of drug-likeness (QED) is 0.772. The Morgan fingerprint density at radius 3 is 2.80 bits per heavy atom. The second kappa shape index (κ2) is 5.55. The Labute approximate surface area is 115 Å². The van der Waals surface area contributed by atoms with Gasteiger partial charge < -0.3 is 5.73 Å². The number of nitrogens with two attached hydrogens (primary N) is 1. The summed E-state index contributed by atoms with van der Waals surface area (Å²) in [7, 11) is -3.81. The molecule has 20 heavy (non-hydrogen) atoms. The summed E-state index contributed by atoms with van der Waals surface area (Å²) in [5.41, 5.74) is 5.90. The summed E-state index contributed by atoms with van der Waals surface area (Å²) >= 11 is 0. The number of halogens is 1. The molecular formula is C11H14FN5O2S. The molecule has 0 atom stereocenters. The zero-order valence-corrected chi connectivity index (χ0v) is 11.6. The molecule has 0 unspecified atom stereocenters. The highest BCUT2D eigenvalue weighted by molar-refractivity contribution is 7.89. The number of nitrogen functional groups attached to an aromatic ring is 1. The maximum Gasteiger partial charge on any atom is 0.240 e. The number of hydrogen-bond acceptors (Lipinski definition) is 5. The summed E-state index contributed by atoms with van der Waals surface area (Å²) < 4.78 is 41.3. The van der Waals surface area contributed by atoms with Crippen molar-refractivity contribution < 1.29 is 12.8 Å². The van der Waals surface area contributed by atoms with Crippen molar-refractivity contribution in [1.29, 1.82) is 0 Å². The van der Waals surface area contributed by atoms with Gasteiger partial charge in [0.05, 0.1) is 17.6 Å². The first-order valence-corrected chi connectivity index (χ1v) is 7.28. The van der Waals surface area contributed by atoms with Crippen molar-refractivity contribution in [3.8, 4) is 0 Å². The maximum absolute atomic E-state index is 13.5. The Morgan fingerprint density at radius 2 is 2.20 bits per heavy atom. The van der Waals surface area contributed by atoms with Crippen LogP contribution >= 0.6 is 0 Å². The molecule has 3 N–H and O–H groups in total. The molecule has 108 valence electrons. The molecule has 0 saturated heterocycles. The van der Waals surface area contributed by atoms with Crippen molar-refractivity contribution in [3.63, 3.8) is 0 Å². The standard InChI is InChI=1S/C11H14FN5O2S/c1-8-10(12)6-9(7-11(8)13)20(18,19)15-3-5-17-4-2-14-16-17/h2,4,6-7,15H,3,5,13H2,1H3. The minimum absolute atomic E-state index is 0.0988. The first-order chi connectivity index (χ1) is 9.40. The van der Waals surface area contributed by atoms with E-state index in [-0.39, 0.29) is 22.7 Å². The lowest BCUT2D eigenvalue weighted by atomic mass is 10.2. The second-order valence-electron chi connectivity index (χ2n) is 4.18. The molecule has 0 bridgehead atoms. The molecular weight excluding hydrogens is 285 g/mol. The number of nitrogens with one attached hydrogen (secondary N) is 1. The van der Waals surface area contributed by atoms with E-state index in [1.54, 1.807) is 6.20 Å². The van der Waals surface area contributed by atoms with Crippen LogP contribution in [-0.4, -0.2) is 30.0 Å². The molecule has 0 amide bonds. The van der Waals surface area contributed by atoms with Crippen LogP contribution in [0.5, 0.6) is 0 Å². The van der Waals surface area contributed by atoms with E-state index >= 15 is 0 Å². The molecule has 0 spiro atoms. The predicted molar refractivity (Wildman–Crippen MR) is 70.8 cm³/mol. The van der Waals surface area contributed by atoms with Crippen LogP contribution in [-0.2, 0) is 16.6 Å². The lowest BCUT2D eigenvalue weighted by Gasteiger charge is -2.09. The first kappa shape index (κ1) is 14.4. The molecule has 0 fully saturated rings. The highest BCUT2D eigenvalue weighted by Gasteiger charge is 2.17. The van der Waals surface area contributed by atoms with Crippen LogP contribution in [0.4, 0.5) is 10.1 Å². The summed E-state index contributed by atoms with van der Waals surface area (Å²) in [6.07, 6.45) is 3.10. The van der Waals surface area contributed by atoms with Crippen LogP contribution in [0, 0.1) is 12.7 Å². The number of benzene rings is 1. The van der Waals surface area contributed by atoms with Crippen molar-refractivity contribution in [1.82, 2.24) is 19.7 Å². The molecule has 7 nitrogen and oxygen atoms in total. The molecule has 2 rings (SSSR count). The van der Waals surface area contributed by atoms with E-state index in [9.17, 15) is 12.8 Å². The number of rotatable bonds is 5. The normalized spacial score (nSPS) is 11.7. The fraction of sp³-hybridized carbons (Fsp3) is 0.273. The molecule has 1 aromatic heterocycles. The number of nitrogens with zero attached hydrogens (tertiary/aromatic N) is 3.